The van der Waals surface area contributed by atoms with Gasteiger partial charge in [0.2, 0.25) is 0 Å². The van der Waals surface area contributed by atoms with E-state index in [0.717, 1.165) is 34.0 Å². The van der Waals surface area contributed by atoms with Crippen LogP contribution >= 0.6 is 0 Å². The molecule has 0 aliphatic rings. The fraction of sp³-hybridized carbons (Fsp3) is 0. The number of aliphatic imine (C=N–C) groups is 2. The van der Waals surface area contributed by atoms with Crippen molar-refractivity contribution in [3.63, 3.8) is 0 Å². The molecule has 0 spiro atoms. The summed E-state index contributed by atoms with van der Waals surface area (Å²) >= 11 is 0. The normalized spacial score (nSPS) is 11.2. The summed E-state index contributed by atoms with van der Waals surface area (Å²) in [5, 5.41) is 0. The number of rotatable bonds is 6. The van der Waals surface area contributed by atoms with Crippen molar-refractivity contribution in [2.24, 2.45) is 9.98 Å². The molecule has 4 rings (SSSR count). The van der Waals surface area contributed by atoms with Gasteiger partial charge in [-0.15, -0.1) is 0 Å². The lowest BCUT2D eigenvalue weighted by Gasteiger charge is -2.06. The second-order valence-electron chi connectivity index (χ2n) is 6.18. The van der Waals surface area contributed by atoms with Crippen LogP contribution in [-0.2, 0) is 0 Å². The molecule has 0 fully saturated rings. The number of hydrogen-bond acceptors (Lipinski definition) is 5. The smallest absolute Gasteiger partial charge is 0.127 e. The van der Waals surface area contributed by atoms with Gasteiger partial charge < -0.3 is 4.74 Å². The van der Waals surface area contributed by atoms with Gasteiger partial charge in [-0.3, -0.25) is 20.0 Å². The van der Waals surface area contributed by atoms with E-state index in [-0.39, 0.29) is 0 Å². The summed E-state index contributed by atoms with van der Waals surface area (Å²) in [6.45, 7) is 0. The molecule has 2 heterocycles. The molecule has 140 valence electrons. The van der Waals surface area contributed by atoms with Gasteiger partial charge >= 0.3 is 0 Å². The molecule has 0 unspecified atom stereocenters. The molecule has 5 nitrogen and oxygen atoms in total. The zero-order chi connectivity index (χ0) is 19.7. The average molecular weight is 378 g/mol. The van der Waals surface area contributed by atoms with E-state index in [9.17, 15) is 0 Å². The lowest BCUT2D eigenvalue weighted by molar-refractivity contribution is 0.483. The second-order valence-corrected chi connectivity index (χ2v) is 6.18. The van der Waals surface area contributed by atoms with Crippen molar-refractivity contribution in [3.05, 3.63) is 109 Å². The SMILES string of the molecule is C(=Nc1ccc(Oc2ccc(N=Cc3cccnc3)cc2)cc1)c1cccnc1. The molecule has 0 radical (unpaired) electrons. The van der Waals surface area contributed by atoms with E-state index < -0.39 is 0 Å². The van der Waals surface area contributed by atoms with Gasteiger partial charge in [0.1, 0.15) is 11.5 Å². The van der Waals surface area contributed by atoms with E-state index in [2.05, 4.69) is 20.0 Å². The van der Waals surface area contributed by atoms with Crippen molar-refractivity contribution in [1.82, 2.24) is 9.97 Å². The number of ether oxygens (including phenoxy) is 1. The molecule has 29 heavy (non-hydrogen) atoms. The predicted molar refractivity (Wildman–Crippen MR) is 116 cm³/mol. The maximum Gasteiger partial charge on any atom is 0.127 e. The van der Waals surface area contributed by atoms with Crippen LogP contribution < -0.4 is 4.74 Å². The summed E-state index contributed by atoms with van der Waals surface area (Å²) in [5.74, 6) is 1.49. The first-order valence-corrected chi connectivity index (χ1v) is 9.11. The third kappa shape index (κ3) is 5.43. The molecule has 2 aromatic carbocycles. The van der Waals surface area contributed by atoms with Crippen molar-refractivity contribution < 1.29 is 4.74 Å². The fourth-order valence-corrected chi connectivity index (χ4v) is 2.54. The van der Waals surface area contributed by atoms with Crippen LogP contribution in [0.5, 0.6) is 11.5 Å². The number of nitrogens with zero attached hydrogens (tertiary/aromatic N) is 4. The molecule has 0 saturated heterocycles. The molecule has 5 heteroatoms. The van der Waals surface area contributed by atoms with Gasteiger partial charge in [-0.2, -0.15) is 0 Å². The monoisotopic (exact) mass is 378 g/mol. The minimum Gasteiger partial charge on any atom is -0.457 e. The van der Waals surface area contributed by atoms with E-state index in [1.165, 1.54) is 0 Å². The van der Waals surface area contributed by atoms with E-state index in [4.69, 9.17) is 4.74 Å². The Labute approximate surface area is 169 Å². The molecule has 0 atom stereocenters. The fourth-order valence-electron chi connectivity index (χ4n) is 2.54. The lowest BCUT2D eigenvalue weighted by Crippen LogP contribution is -1.84. The van der Waals surface area contributed by atoms with Crippen LogP contribution in [0.25, 0.3) is 0 Å². The summed E-state index contributed by atoms with van der Waals surface area (Å²) in [7, 11) is 0. The first kappa shape index (κ1) is 18.3. The van der Waals surface area contributed by atoms with Crippen LogP contribution in [0.4, 0.5) is 11.4 Å². The second kappa shape index (κ2) is 9.19. The lowest BCUT2D eigenvalue weighted by atomic mass is 10.2. The zero-order valence-electron chi connectivity index (χ0n) is 15.6. The Balaban J connectivity index is 1.36. The van der Waals surface area contributed by atoms with E-state index >= 15 is 0 Å². The van der Waals surface area contributed by atoms with Gasteiger partial charge in [0.25, 0.3) is 0 Å². The molecule has 0 aliphatic carbocycles. The highest BCUT2D eigenvalue weighted by atomic mass is 16.5. The quantitative estimate of drug-likeness (QED) is 0.400. The summed E-state index contributed by atoms with van der Waals surface area (Å²) in [6.07, 6.45) is 10.6. The van der Waals surface area contributed by atoms with Crippen LogP contribution in [0.15, 0.2) is 108 Å². The van der Waals surface area contributed by atoms with E-state index in [1.807, 2.05) is 72.8 Å². The first-order valence-electron chi connectivity index (χ1n) is 9.11. The van der Waals surface area contributed by atoms with Crippen LogP contribution in [0.1, 0.15) is 11.1 Å². The van der Waals surface area contributed by atoms with Crippen molar-refractivity contribution >= 4 is 23.8 Å². The van der Waals surface area contributed by atoms with Gasteiger partial charge in [0.15, 0.2) is 0 Å². The molecule has 2 aromatic heterocycles. The summed E-state index contributed by atoms with van der Waals surface area (Å²) < 4.78 is 5.89. The van der Waals surface area contributed by atoms with E-state index in [0.29, 0.717) is 0 Å². The Bertz CT molecular complexity index is 1000. The predicted octanol–water partition coefficient (Wildman–Crippen LogP) is 5.77. The minimum atomic E-state index is 0.747. The van der Waals surface area contributed by atoms with Crippen molar-refractivity contribution in [1.29, 1.82) is 0 Å². The molecule has 4 aromatic rings. The number of aromatic nitrogens is 2. The number of benzene rings is 2. The van der Waals surface area contributed by atoms with Crippen LogP contribution in [-0.4, -0.2) is 22.4 Å². The first-order chi connectivity index (χ1) is 14.3. The molecular weight excluding hydrogens is 360 g/mol. The van der Waals surface area contributed by atoms with Gasteiger partial charge in [-0.05, 0) is 60.7 Å². The Morgan fingerprint density at radius 1 is 0.586 bits per heavy atom. The Morgan fingerprint density at radius 3 is 1.41 bits per heavy atom. The third-order valence-corrected chi connectivity index (χ3v) is 4.00. The standard InChI is InChI=1S/C24H18N4O/c1-3-19(15-25-13-1)17-27-21-5-9-23(10-6-21)29-24-11-7-22(8-12-24)28-18-20-4-2-14-26-16-20/h1-18H. The summed E-state index contributed by atoms with van der Waals surface area (Å²) in [6, 6.07) is 22.9. The highest BCUT2D eigenvalue weighted by Gasteiger charge is 1.98. The Morgan fingerprint density at radius 2 is 1.03 bits per heavy atom. The molecule has 0 bridgehead atoms. The summed E-state index contributed by atoms with van der Waals surface area (Å²) in [4.78, 5) is 17.0. The zero-order valence-corrected chi connectivity index (χ0v) is 15.6. The van der Waals surface area contributed by atoms with Gasteiger partial charge in [-0.25, -0.2) is 0 Å². The highest BCUT2D eigenvalue weighted by molar-refractivity contribution is 5.82. The Hall–Kier alpha value is -4.12. The molecule has 0 saturated carbocycles. The van der Waals surface area contributed by atoms with Crippen LogP contribution in [0.3, 0.4) is 0 Å². The largest absolute Gasteiger partial charge is 0.457 e. The maximum absolute atomic E-state index is 5.89. The van der Waals surface area contributed by atoms with Crippen molar-refractivity contribution in [3.8, 4) is 11.5 Å². The van der Waals surface area contributed by atoms with Crippen LogP contribution in [0, 0.1) is 0 Å². The van der Waals surface area contributed by atoms with Gasteiger partial charge in [-0.1, -0.05) is 12.1 Å². The van der Waals surface area contributed by atoms with Crippen LogP contribution in [0.2, 0.25) is 0 Å². The van der Waals surface area contributed by atoms with Gasteiger partial charge in [0.05, 0.1) is 11.4 Å². The minimum absolute atomic E-state index is 0.747. The van der Waals surface area contributed by atoms with Crippen molar-refractivity contribution in [2.45, 2.75) is 0 Å². The topological polar surface area (TPSA) is 59.7 Å². The average Bonchev–Trinajstić information content (AvgIpc) is 2.80. The Kier molecular flexibility index (Phi) is 5.78. The number of pyridine rings is 2. The molecule has 0 aliphatic heterocycles. The molecular formula is C24H18N4O. The molecule has 0 N–H and O–H groups in total. The van der Waals surface area contributed by atoms with E-state index in [1.54, 1.807) is 37.2 Å². The number of hydrogen-bond donors (Lipinski definition) is 0. The van der Waals surface area contributed by atoms with Gasteiger partial charge in [0, 0.05) is 48.3 Å². The maximum atomic E-state index is 5.89. The molecule has 0 amide bonds. The summed E-state index contributed by atoms with van der Waals surface area (Å²) in [5.41, 5.74) is 3.61. The van der Waals surface area contributed by atoms with Crippen molar-refractivity contribution in [2.75, 3.05) is 0 Å². The highest BCUT2D eigenvalue weighted by Crippen LogP contribution is 2.26. The third-order valence-electron chi connectivity index (χ3n) is 4.00.